The maximum Gasteiger partial charge on any atom is 0.317 e. The molecule has 2 fully saturated rings. The summed E-state index contributed by atoms with van der Waals surface area (Å²) in [6.07, 6.45) is 2.65. The van der Waals surface area contributed by atoms with Crippen molar-refractivity contribution in [2.75, 3.05) is 44.8 Å². The predicted molar refractivity (Wildman–Crippen MR) is 95.6 cm³/mol. The van der Waals surface area contributed by atoms with Crippen LogP contribution >= 0.6 is 0 Å². The van der Waals surface area contributed by atoms with Crippen molar-refractivity contribution < 1.29 is 14.3 Å². The first kappa shape index (κ1) is 17.9. The van der Waals surface area contributed by atoms with Crippen LogP contribution in [0.3, 0.4) is 0 Å². The zero-order valence-corrected chi connectivity index (χ0v) is 15.0. The Kier molecular flexibility index (Phi) is 5.75. The van der Waals surface area contributed by atoms with E-state index < -0.39 is 5.60 Å². The number of hydrogen-bond acceptors (Lipinski definition) is 5. The molecule has 2 aliphatic rings. The van der Waals surface area contributed by atoms with Crippen molar-refractivity contribution in [2.45, 2.75) is 31.9 Å². The smallest absolute Gasteiger partial charge is 0.317 e. The van der Waals surface area contributed by atoms with Gasteiger partial charge < -0.3 is 25.0 Å². The number of amides is 2. The van der Waals surface area contributed by atoms with Gasteiger partial charge in [0.15, 0.2) is 0 Å². The number of urea groups is 1. The molecule has 0 aromatic carbocycles. The van der Waals surface area contributed by atoms with Crippen molar-refractivity contribution in [2.24, 2.45) is 5.92 Å². The number of pyridine rings is 1. The molecule has 2 amide bonds. The minimum atomic E-state index is -0.402. The molecule has 3 rings (SSSR count). The highest BCUT2D eigenvalue weighted by Gasteiger charge is 2.44. The third kappa shape index (κ3) is 4.83. The molecular formula is C18H28N4O3. The van der Waals surface area contributed by atoms with Crippen molar-refractivity contribution in [1.82, 2.24) is 15.2 Å². The molecule has 2 N–H and O–H groups in total. The van der Waals surface area contributed by atoms with Gasteiger partial charge >= 0.3 is 6.03 Å². The summed E-state index contributed by atoms with van der Waals surface area (Å²) in [6.45, 7) is 7.67. The van der Waals surface area contributed by atoms with Crippen molar-refractivity contribution >= 4 is 11.8 Å². The molecule has 0 unspecified atom stereocenters. The van der Waals surface area contributed by atoms with Gasteiger partial charge in [-0.1, -0.05) is 6.07 Å². The second-order valence-corrected chi connectivity index (χ2v) is 7.24. The van der Waals surface area contributed by atoms with E-state index in [1.807, 2.05) is 36.9 Å². The Bertz CT molecular complexity index is 569. The van der Waals surface area contributed by atoms with E-state index >= 15 is 0 Å². The average Bonchev–Trinajstić information content (AvgIpc) is 2.86. The van der Waals surface area contributed by atoms with Crippen LogP contribution in [0.1, 0.15) is 20.3 Å². The Hall–Kier alpha value is -1.86. The van der Waals surface area contributed by atoms with Crippen LogP contribution in [0, 0.1) is 5.92 Å². The van der Waals surface area contributed by atoms with Gasteiger partial charge in [-0.25, -0.2) is 9.78 Å². The molecule has 3 heterocycles. The predicted octanol–water partition coefficient (Wildman–Crippen LogP) is 1.72. The van der Waals surface area contributed by atoms with Gasteiger partial charge in [-0.05, 0) is 32.4 Å². The molecule has 2 saturated heterocycles. The Labute approximate surface area is 149 Å². The molecule has 138 valence electrons. The molecule has 1 aromatic rings. The number of nitrogens with zero attached hydrogens (tertiary/aromatic N) is 2. The fourth-order valence-corrected chi connectivity index (χ4v) is 3.41. The Morgan fingerprint density at radius 3 is 3.12 bits per heavy atom. The Balaban J connectivity index is 1.56. The third-order valence-electron chi connectivity index (χ3n) is 4.57. The lowest BCUT2D eigenvalue weighted by molar-refractivity contribution is -0.0530. The van der Waals surface area contributed by atoms with Crippen LogP contribution in [-0.2, 0) is 9.47 Å². The van der Waals surface area contributed by atoms with Crippen molar-refractivity contribution in [3.63, 3.8) is 0 Å². The van der Waals surface area contributed by atoms with Crippen molar-refractivity contribution in [3.8, 4) is 0 Å². The second kappa shape index (κ2) is 8.01. The normalized spacial score (nSPS) is 26.7. The second-order valence-electron chi connectivity index (χ2n) is 7.24. The maximum absolute atomic E-state index is 12.4. The number of anilines is 1. The first-order chi connectivity index (χ1) is 12.1. The number of ether oxygens (including phenoxy) is 2. The highest BCUT2D eigenvalue weighted by molar-refractivity contribution is 5.74. The topological polar surface area (TPSA) is 75.7 Å². The summed E-state index contributed by atoms with van der Waals surface area (Å²) in [5.74, 6) is 1.25. The summed E-state index contributed by atoms with van der Waals surface area (Å²) in [6, 6.07) is 5.90. The van der Waals surface area contributed by atoms with E-state index in [1.54, 1.807) is 6.20 Å². The Morgan fingerprint density at radius 1 is 1.48 bits per heavy atom. The molecule has 0 bridgehead atoms. The van der Waals surface area contributed by atoms with Crippen molar-refractivity contribution in [3.05, 3.63) is 24.4 Å². The van der Waals surface area contributed by atoms with E-state index in [2.05, 4.69) is 15.6 Å². The van der Waals surface area contributed by atoms with Crippen LogP contribution in [0.15, 0.2) is 24.4 Å². The molecule has 1 spiro atoms. The SMILES string of the molecule is CC(C)NC(=O)N1CCOC[C@@]2(C[C@@H](CNc3ccccn3)CO2)C1. The van der Waals surface area contributed by atoms with Crippen LogP contribution in [0.2, 0.25) is 0 Å². The van der Waals surface area contributed by atoms with Gasteiger partial charge in [0.1, 0.15) is 11.4 Å². The van der Waals surface area contributed by atoms with E-state index in [4.69, 9.17) is 9.47 Å². The zero-order chi connectivity index (χ0) is 17.7. The molecular weight excluding hydrogens is 320 g/mol. The highest BCUT2D eigenvalue weighted by atomic mass is 16.5. The lowest BCUT2D eigenvalue weighted by Gasteiger charge is -2.31. The van der Waals surface area contributed by atoms with Crippen molar-refractivity contribution in [1.29, 1.82) is 0 Å². The monoisotopic (exact) mass is 348 g/mol. The average molecular weight is 348 g/mol. The van der Waals surface area contributed by atoms with Crippen LogP contribution in [0.5, 0.6) is 0 Å². The summed E-state index contributed by atoms with van der Waals surface area (Å²) in [4.78, 5) is 18.5. The van der Waals surface area contributed by atoms with E-state index in [1.165, 1.54) is 0 Å². The van der Waals surface area contributed by atoms with Gasteiger partial charge in [0.25, 0.3) is 0 Å². The fourth-order valence-electron chi connectivity index (χ4n) is 3.41. The summed E-state index contributed by atoms with van der Waals surface area (Å²) in [7, 11) is 0. The summed E-state index contributed by atoms with van der Waals surface area (Å²) in [5, 5.41) is 6.32. The van der Waals surface area contributed by atoms with Gasteiger partial charge in [-0.2, -0.15) is 0 Å². The highest BCUT2D eigenvalue weighted by Crippen LogP contribution is 2.33. The number of carbonyl (C=O) groups excluding carboxylic acids is 1. The number of hydrogen-bond donors (Lipinski definition) is 2. The van der Waals surface area contributed by atoms with E-state index in [9.17, 15) is 4.79 Å². The van der Waals surface area contributed by atoms with E-state index in [-0.39, 0.29) is 12.1 Å². The van der Waals surface area contributed by atoms with Gasteiger partial charge in [-0.3, -0.25) is 0 Å². The molecule has 7 nitrogen and oxygen atoms in total. The number of carbonyl (C=O) groups is 1. The fraction of sp³-hybridized carbons (Fsp3) is 0.667. The third-order valence-corrected chi connectivity index (χ3v) is 4.57. The molecule has 1 aromatic heterocycles. The summed E-state index contributed by atoms with van der Waals surface area (Å²) < 4.78 is 11.9. The first-order valence-electron chi connectivity index (χ1n) is 8.98. The van der Waals surface area contributed by atoms with Gasteiger partial charge in [0.2, 0.25) is 0 Å². The van der Waals surface area contributed by atoms with Crippen LogP contribution in [0.4, 0.5) is 10.6 Å². The minimum Gasteiger partial charge on any atom is -0.377 e. The molecule has 0 radical (unpaired) electrons. The van der Waals surface area contributed by atoms with Crippen LogP contribution in [-0.4, -0.2) is 67.0 Å². The summed E-state index contributed by atoms with van der Waals surface area (Å²) >= 11 is 0. The largest absolute Gasteiger partial charge is 0.377 e. The van der Waals surface area contributed by atoms with Gasteiger partial charge in [-0.15, -0.1) is 0 Å². The summed E-state index contributed by atoms with van der Waals surface area (Å²) in [5.41, 5.74) is -0.402. The minimum absolute atomic E-state index is 0.0430. The number of rotatable bonds is 4. The molecule has 7 heteroatoms. The van der Waals surface area contributed by atoms with E-state index in [0.717, 1.165) is 18.8 Å². The zero-order valence-electron chi connectivity index (χ0n) is 15.0. The quantitative estimate of drug-likeness (QED) is 0.866. The first-order valence-corrected chi connectivity index (χ1v) is 8.98. The number of nitrogens with one attached hydrogen (secondary N) is 2. The molecule has 0 saturated carbocycles. The Morgan fingerprint density at radius 2 is 2.36 bits per heavy atom. The van der Waals surface area contributed by atoms with Gasteiger partial charge in [0.05, 0.1) is 26.4 Å². The number of aromatic nitrogens is 1. The standard InChI is InChI=1S/C18H28N4O3/c1-14(2)21-17(23)22-7-8-24-13-18(12-22)9-15(11-25-18)10-20-16-5-3-4-6-19-16/h3-6,14-15H,7-13H2,1-2H3,(H,19,20)(H,21,23)/t15-,18+/m0/s1. The lowest BCUT2D eigenvalue weighted by atomic mass is 9.94. The van der Waals surface area contributed by atoms with Gasteiger partial charge in [0, 0.05) is 31.2 Å². The van der Waals surface area contributed by atoms with Crippen LogP contribution in [0.25, 0.3) is 0 Å². The lowest BCUT2D eigenvalue weighted by Crippen LogP contribution is -2.50. The molecule has 25 heavy (non-hydrogen) atoms. The van der Waals surface area contributed by atoms with E-state index in [0.29, 0.717) is 38.8 Å². The molecule has 2 atom stereocenters. The molecule has 2 aliphatic heterocycles. The molecule has 0 aliphatic carbocycles. The van der Waals surface area contributed by atoms with Crippen LogP contribution < -0.4 is 10.6 Å². The maximum atomic E-state index is 12.4.